The van der Waals surface area contributed by atoms with Crippen molar-refractivity contribution in [2.75, 3.05) is 13.2 Å². The molecule has 0 aromatic heterocycles. The minimum atomic E-state index is -0.806. The molecular formula is C25H27NO2. The van der Waals surface area contributed by atoms with Crippen LogP contribution in [0.5, 0.6) is 0 Å². The molecule has 28 heavy (non-hydrogen) atoms. The number of benzene rings is 3. The Kier molecular flexibility index (Phi) is 4.47. The Balaban J connectivity index is 1.50. The van der Waals surface area contributed by atoms with Gasteiger partial charge in [0, 0.05) is 18.6 Å². The Labute approximate surface area is 166 Å². The number of morpholine rings is 1. The van der Waals surface area contributed by atoms with Gasteiger partial charge in [0.05, 0.1) is 18.8 Å². The standard InChI is InChI=1S/C25H27NO2/c1-18-11-12-24(23-10-6-5-9-22(18)23)25(27)13-20-16-28-17-21(14-25)26(20)15-19-7-3-2-4-8-19/h2-12,20-21,27H,13-17H2,1H3. The van der Waals surface area contributed by atoms with E-state index >= 15 is 0 Å². The molecule has 2 bridgehead atoms. The topological polar surface area (TPSA) is 32.7 Å². The number of fused-ring (bicyclic) bond motifs is 3. The minimum Gasteiger partial charge on any atom is -0.385 e. The monoisotopic (exact) mass is 373 g/mol. The van der Waals surface area contributed by atoms with Gasteiger partial charge in [-0.2, -0.15) is 0 Å². The molecule has 0 amide bonds. The normalized spacial score (nSPS) is 27.8. The van der Waals surface area contributed by atoms with Crippen LogP contribution in [0.2, 0.25) is 0 Å². The zero-order chi connectivity index (χ0) is 19.1. The highest BCUT2D eigenvalue weighted by Crippen LogP contribution is 2.44. The lowest BCUT2D eigenvalue weighted by molar-refractivity contribution is -0.149. The van der Waals surface area contributed by atoms with Gasteiger partial charge in [-0.1, -0.05) is 66.7 Å². The maximum atomic E-state index is 11.8. The summed E-state index contributed by atoms with van der Waals surface area (Å²) in [6.07, 6.45) is 1.42. The quantitative estimate of drug-likeness (QED) is 0.739. The number of ether oxygens (including phenoxy) is 1. The van der Waals surface area contributed by atoms with Crippen LogP contribution >= 0.6 is 0 Å². The van der Waals surface area contributed by atoms with E-state index in [2.05, 4.69) is 78.6 Å². The van der Waals surface area contributed by atoms with E-state index in [0.717, 1.165) is 12.1 Å². The first-order valence-electron chi connectivity index (χ1n) is 10.2. The number of aliphatic hydroxyl groups is 1. The molecule has 3 heteroatoms. The SMILES string of the molecule is Cc1ccc(C2(O)CC3COCC(C2)N3Cc2ccccc2)c2ccccc12. The van der Waals surface area contributed by atoms with Gasteiger partial charge in [-0.15, -0.1) is 0 Å². The van der Waals surface area contributed by atoms with E-state index < -0.39 is 5.60 Å². The van der Waals surface area contributed by atoms with Crippen molar-refractivity contribution in [3.8, 4) is 0 Å². The van der Waals surface area contributed by atoms with Crippen molar-refractivity contribution in [3.05, 3.63) is 83.4 Å². The van der Waals surface area contributed by atoms with Crippen LogP contribution in [0.15, 0.2) is 66.7 Å². The first-order valence-corrected chi connectivity index (χ1v) is 10.2. The second kappa shape index (κ2) is 7.00. The van der Waals surface area contributed by atoms with Crippen LogP contribution in [-0.2, 0) is 16.9 Å². The van der Waals surface area contributed by atoms with Gasteiger partial charge in [-0.05, 0) is 47.2 Å². The zero-order valence-corrected chi connectivity index (χ0v) is 16.3. The second-order valence-electron chi connectivity index (χ2n) is 8.42. The maximum absolute atomic E-state index is 11.8. The molecule has 3 aromatic rings. The molecule has 1 N–H and O–H groups in total. The fraction of sp³-hybridized carbons (Fsp3) is 0.360. The lowest BCUT2D eigenvalue weighted by atomic mass is 9.75. The Morgan fingerprint density at radius 3 is 2.25 bits per heavy atom. The molecule has 2 saturated heterocycles. The fourth-order valence-corrected chi connectivity index (χ4v) is 5.17. The van der Waals surface area contributed by atoms with Crippen molar-refractivity contribution in [2.24, 2.45) is 0 Å². The maximum Gasteiger partial charge on any atom is 0.0934 e. The number of hydrogen-bond donors (Lipinski definition) is 1. The van der Waals surface area contributed by atoms with E-state index in [1.54, 1.807) is 0 Å². The van der Waals surface area contributed by atoms with Gasteiger partial charge in [-0.25, -0.2) is 0 Å². The molecule has 0 saturated carbocycles. The number of aryl methyl sites for hydroxylation is 1. The van der Waals surface area contributed by atoms with E-state index in [9.17, 15) is 5.11 Å². The van der Waals surface area contributed by atoms with Crippen LogP contribution in [0.25, 0.3) is 10.8 Å². The molecule has 2 heterocycles. The molecule has 3 nitrogen and oxygen atoms in total. The van der Waals surface area contributed by atoms with Crippen LogP contribution in [0.3, 0.4) is 0 Å². The molecule has 144 valence electrons. The summed E-state index contributed by atoms with van der Waals surface area (Å²) in [5.74, 6) is 0. The average molecular weight is 373 g/mol. The van der Waals surface area contributed by atoms with Gasteiger partial charge in [0.25, 0.3) is 0 Å². The molecule has 5 rings (SSSR count). The molecule has 0 aliphatic carbocycles. The molecule has 0 spiro atoms. The average Bonchev–Trinajstić information content (AvgIpc) is 2.70. The van der Waals surface area contributed by atoms with Gasteiger partial charge >= 0.3 is 0 Å². The highest BCUT2D eigenvalue weighted by atomic mass is 16.5. The summed E-state index contributed by atoms with van der Waals surface area (Å²) >= 11 is 0. The summed E-state index contributed by atoms with van der Waals surface area (Å²) < 4.78 is 5.89. The summed E-state index contributed by atoms with van der Waals surface area (Å²) in [5.41, 5.74) is 2.85. The summed E-state index contributed by atoms with van der Waals surface area (Å²) in [5, 5.41) is 14.3. The van der Waals surface area contributed by atoms with Crippen LogP contribution in [-0.4, -0.2) is 35.3 Å². The van der Waals surface area contributed by atoms with E-state index in [0.29, 0.717) is 26.1 Å². The number of rotatable bonds is 3. The lowest BCUT2D eigenvalue weighted by Gasteiger charge is -2.52. The van der Waals surface area contributed by atoms with E-state index in [1.807, 2.05) is 0 Å². The molecule has 3 aromatic carbocycles. The van der Waals surface area contributed by atoms with E-state index in [1.165, 1.54) is 21.9 Å². The fourth-order valence-electron chi connectivity index (χ4n) is 5.17. The van der Waals surface area contributed by atoms with Crippen molar-refractivity contribution in [1.29, 1.82) is 0 Å². The molecule has 2 unspecified atom stereocenters. The molecule has 0 radical (unpaired) electrons. The first-order chi connectivity index (χ1) is 13.6. The van der Waals surface area contributed by atoms with Crippen LogP contribution in [0.4, 0.5) is 0 Å². The number of hydrogen-bond acceptors (Lipinski definition) is 3. The Morgan fingerprint density at radius 1 is 0.893 bits per heavy atom. The highest BCUT2D eigenvalue weighted by Gasteiger charge is 2.47. The minimum absolute atomic E-state index is 0.234. The summed E-state index contributed by atoms with van der Waals surface area (Å²) in [6, 6.07) is 23.8. The second-order valence-corrected chi connectivity index (χ2v) is 8.42. The van der Waals surface area contributed by atoms with Crippen molar-refractivity contribution in [1.82, 2.24) is 4.90 Å². The predicted octanol–water partition coefficient (Wildman–Crippen LogP) is 4.40. The van der Waals surface area contributed by atoms with E-state index in [4.69, 9.17) is 4.74 Å². The Hall–Kier alpha value is -2.20. The largest absolute Gasteiger partial charge is 0.385 e. The van der Waals surface area contributed by atoms with Crippen LogP contribution < -0.4 is 0 Å². The third-order valence-corrected chi connectivity index (χ3v) is 6.56. The van der Waals surface area contributed by atoms with Gasteiger partial charge < -0.3 is 9.84 Å². The predicted molar refractivity (Wildman–Crippen MR) is 112 cm³/mol. The Bertz CT molecular complexity index is 970. The van der Waals surface area contributed by atoms with Crippen LogP contribution in [0, 0.1) is 6.92 Å². The summed E-state index contributed by atoms with van der Waals surface area (Å²) in [7, 11) is 0. The third-order valence-electron chi connectivity index (χ3n) is 6.56. The van der Waals surface area contributed by atoms with E-state index in [-0.39, 0.29) is 12.1 Å². The summed E-state index contributed by atoms with van der Waals surface area (Å²) in [6.45, 7) is 4.44. The molecule has 2 aliphatic rings. The van der Waals surface area contributed by atoms with Crippen molar-refractivity contribution < 1.29 is 9.84 Å². The summed E-state index contributed by atoms with van der Waals surface area (Å²) in [4.78, 5) is 2.55. The lowest BCUT2D eigenvalue weighted by Crippen LogP contribution is -2.60. The van der Waals surface area contributed by atoms with Gasteiger partial charge in [0.15, 0.2) is 0 Å². The molecular weight excluding hydrogens is 346 g/mol. The van der Waals surface area contributed by atoms with Crippen molar-refractivity contribution in [3.63, 3.8) is 0 Å². The van der Waals surface area contributed by atoms with Gasteiger partial charge in [0.1, 0.15) is 0 Å². The molecule has 2 atom stereocenters. The van der Waals surface area contributed by atoms with Crippen molar-refractivity contribution in [2.45, 2.75) is 44.0 Å². The van der Waals surface area contributed by atoms with Gasteiger partial charge in [0.2, 0.25) is 0 Å². The highest BCUT2D eigenvalue weighted by molar-refractivity contribution is 5.89. The number of piperidine rings is 1. The van der Waals surface area contributed by atoms with Crippen LogP contribution in [0.1, 0.15) is 29.5 Å². The Morgan fingerprint density at radius 2 is 1.54 bits per heavy atom. The smallest absolute Gasteiger partial charge is 0.0934 e. The third kappa shape index (κ3) is 3.04. The molecule has 2 aliphatic heterocycles. The van der Waals surface area contributed by atoms with Gasteiger partial charge in [-0.3, -0.25) is 4.90 Å². The van der Waals surface area contributed by atoms with Crippen molar-refractivity contribution >= 4 is 10.8 Å². The first kappa shape index (κ1) is 17.9. The number of nitrogens with zero attached hydrogens (tertiary/aromatic N) is 1. The zero-order valence-electron chi connectivity index (χ0n) is 16.3. The molecule has 2 fully saturated rings.